The number of aromatic nitrogens is 2. The maximum Gasteiger partial charge on any atom is 0.359 e. The van der Waals surface area contributed by atoms with Crippen molar-refractivity contribution in [3.8, 4) is 0 Å². The van der Waals surface area contributed by atoms with Crippen molar-refractivity contribution in [2.45, 2.75) is 6.54 Å². The Bertz CT molecular complexity index is 811. The molecule has 5 heteroatoms. The monoisotopic (exact) mass is 284 g/mol. The highest BCUT2D eigenvalue weighted by Crippen LogP contribution is 2.20. The van der Waals surface area contributed by atoms with Crippen molar-refractivity contribution in [2.75, 3.05) is 7.11 Å². The van der Waals surface area contributed by atoms with Crippen LogP contribution in [0.5, 0.6) is 0 Å². The molecule has 0 radical (unpaired) electrons. The largest absolute Gasteiger partial charge is 0.464 e. The minimum atomic E-state index is -0.501. The van der Waals surface area contributed by atoms with Crippen LogP contribution in [0.3, 0.4) is 0 Å². The van der Waals surface area contributed by atoms with Gasteiger partial charge in [0, 0.05) is 10.9 Å². The normalized spacial score (nSPS) is 10.8. The van der Waals surface area contributed by atoms with Gasteiger partial charge in [0.1, 0.15) is 5.82 Å². The van der Waals surface area contributed by atoms with E-state index in [0.717, 1.165) is 5.52 Å². The highest BCUT2D eigenvalue weighted by atomic mass is 19.1. The number of ether oxygens (including phenoxy) is 1. The maximum absolute atomic E-state index is 13.8. The van der Waals surface area contributed by atoms with Gasteiger partial charge in [-0.05, 0) is 12.1 Å². The van der Waals surface area contributed by atoms with Gasteiger partial charge in [-0.15, -0.1) is 0 Å². The van der Waals surface area contributed by atoms with Crippen molar-refractivity contribution in [1.82, 2.24) is 9.78 Å². The van der Waals surface area contributed by atoms with Gasteiger partial charge >= 0.3 is 5.97 Å². The number of benzene rings is 2. The zero-order valence-electron chi connectivity index (χ0n) is 11.4. The number of carbonyl (C=O) groups is 1. The van der Waals surface area contributed by atoms with Crippen molar-refractivity contribution in [1.29, 1.82) is 0 Å². The molecule has 0 aliphatic rings. The molecule has 1 aromatic heterocycles. The van der Waals surface area contributed by atoms with Gasteiger partial charge in [-0.2, -0.15) is 5.10 Å². The van der Waals surface area contributed by atoms with Crippen molar-refractivity contribution < 1.29 is 13.9 Å². The summed E-state index contributed by atoms with van der Waals surface area (Å²) in [5.41, 5.74) is 1.52. The predicted molar refractivity (Wildman–Crippen MR) is 76.6 cm³/mol. The van der Waals surface area contributed by atoms with Gasteiger partial charge in [0.05, 0.1) is 19.2 Å². The van der Waals surface area contributed by atoms with Gasteiger partial charge in [0.2, 0.25) is 0 Å². The Kier molecular flexibility index (Phi) is 3.39. The van der Waals surface area contributed by atoms with Crippen molar-refractivity contribution in [2.24, 2.45) is 0 Å². The van der Waals surface area contributed by atoms with E-state index >= 15 is 0 Å². The average Bonchev–Trinajstić information content (AvgIpc) is 2.88. The first-order valence-electron chi connectivity index (χ1n) is 6.48. The first-order valence-corrected chi connectivity index (χ1v) is 6.48. The fourth-order valence-corrected chi connectivity index (χ4v) is 2.28. The lowest BCUT2D eigenvalue weighted by Gasteiger charge is -2.04. The highest BCUT2D eigenvalue weighted by Gasteiger charge is 2.17. The minimum Gasteiger partial charge on any atom is -0.464 e. The van der Waals surface area contributed by atoms with E-state index in [1.54, 1.807) is 28.9 Å². The summed E-state index contributed by atoms with van der Waals surface area (Å²) in [6.45, 7) is 0.254. The van der Waals surface area contributed by atoms with Gasteiger partial charge in [-0.3, -0.25) is 4.68 Å². The Morgan fingerprint density at radius 1 is 1.19 bits per heavy atom. The quantitative estimate of drug-likeness (QED) is 0.694. The van der Waals surface area contributed by atoms with E-state index in [-0.39, 0.29) is 18.1 Å². The van der Waals surface area contributed by atoms with Crippen LogP contribution < -0.4 is 0 Å². The molecule has 0 atom stereocenters. The molecule has 3 aromatic rings. The third-order valence-electron chi connectivity index (χ3n) is 3.31. The first kappa shape index (κ1) is 13.3. The summed E-state index contributed by atoms with van der Waals surface area (Å²) in [6.07, 6.45) is 0. The SMILES string of the molecule is COC(=O)c1nn(Cc2ccccc2F)c2ccccc12. The number of carbonyl (C=O) groups excluding carboxylic acids is 1. The van der Waals surface area contributed by atoms with Gasteiger partial charge in [-0.25, -0.2) is 9.18 Å². The molecule has 0 aliphatic carbocycles. The molecule has 106 valence electrons. The van der Waals surface area contributed by atoms with Crippen LogP contribution in [0.2, 0.25) is 0 Å². The minimum absolute atomic E-state index is 0.240. The molecule has 0 aliphatic heterocycles. The summed E-state index contributed by atoms with van der Waals surface area (Å²) in [5, 5.41) is 4.97. The summed E-state index contributed by atoms with van der Waals surface area (Å²) in [7, 11) is 1.31. The number of hydrogen-bond acceptors (Lipinski definition) is 3. The molecule has 0 bridgehead atoms. The summed E-state index contributed by atoms with van der Waals surface area (Å²) in [6, 6.07) is 13.8. The Balaban J connectivity index is 2.11. The lowest BCUT2D eigenvalue weighted by atomic mass is 10.2. The Hall–Kier alpha value is -2.69. The van der Waals surface area contributed by atoms with E-state index in [4.69, 9.17) is 4.74 Å². The number of halogens is 1. The Morgan fingerprint density at radius 3 is 2.67 bits per heavy atom. The first-order chi connectivity index (χ1) is 10.2. The molecule has 0 amide bonds. The van der Waals surface area contributed by atoms with Crippen LogP contribution in [-0.2, 0) is 11.3 Å². The van der Waals surface area contributed by atoms with Gasteiger partial charge < -0.3 is 4.74 Å². The topological polar surface area (TPSA) is 44.1 Å². The smallest absolute Gasteiger partial charge is 0.359 e. The van der Waals surface area contributed by atoms with Crippen LogP contribution in [0, 0.1) is 5.82 Å². The van der Waals surface area contributed by atoms with E-state index in [9.17, 15) is 9.18 Å². The molecule has 3 rings (SSSR count). The lowest BCUT2D eigenvalue weighted by Crippen LogP contribution is -2.07. The van der Waals surface area contributed by atoms with Crippen molar-refractivity contribution >= 4 is 16.9 Å². The van der Waals surface area contributed by atoms with Crippen LogP contribution in [0.1, 0.15) is 16.1 Å². The molecule has 1 heterocycles. The maximum atomic E-state index is 13.8. The summed E-state index contributed by atoms with van der Waals surface area (Å²) < 4.78 is 20.1. The van der Waals surface area contributed by atoms with Gasteiger partial charge in [0.15, 0.2) is 5.69 Å². The number of methoxy groups -OCH3 is 1. The summed E-state index contributed by atoms with van der Waals surface area (Å²) in [4.78, 5) is 11.8. The number of nitrogens with zero attached hydrogens (tertiary/aromatic N) is 2. The number of fused-ring (bicyclic) bond motifs is 1. The van der Waals surface area contributed by atoms with Crippen LogP contribution >= 0.6 is 0 Å². The van der Waals surface area contributed by atoms with Crippen molar-refractivity contribution in [3.05, 3.63) is 65.6 Å². The molecule has 0 spiro atoms. The van der Waals surface area contributed by atoms with E-state index < -0.39 is 5.97 Å². The number of rotatable bonds is 3. The second-order valence-corrected chi connectivity index (χ2v) is 4.61. The third kappa shape index (κ3) is 2.38. The average molecular weight is 284 g/mol. The molecule has 0 fully saturated rings. The lowest BCUT2D eigenvalue weighted by molar-refractivity contribution is 0.0595. The molecular formula is C16H13FN2O2. The van der Waals surface area contributed by atoms with Gasteiger partial charge in [-0.1, -0.05) is 36.4 Å². The van der Waals surface area contributed by atoms with Crippen LogP contribution in [0.25, 0.3) is 10.9 Å². The van der Waals surface area contributed by atoms with E-state index in [1.165, 1.54) is 13.2 Å². The van der Waals surface area contributed by atoms with E-state index in [1.807, 2.05) is 18.2 Å². The molecular weight excluding hydrogens is 271 g/mol. The summed E-state index contributed by atoms with van der Waals surface area (Å²) in [5.74, 6) is -0.796. The number of para-hydroxylation sites is 1. The van der Waals surface area contributed by atoms with E-state index in [0.29, 0.717) is 10.9 Å². The van der Waals surface area contributed by atoms with Crippen LogP contribution in [-0.4, -0.2) is 22.9 Å². The number of esters is 1. The fourth-order valence-electron chi connectivity index (χ4n) is 2.28. The van der Waals surface area contributed by atoms with Crippen LogP contribution in [0.15, 0.2) is 48.5 Å². The van der Waals surface area contributed by atoms with Crippen LogP contribution in [0.4, 0.5) is 4.39 Å². The Labute approximate surface area is 120 Å². The second-order valence-electron chi connectivity index (χ2n) is 4.61. The van der Waals surface area contributed by atoms with Gasteiger partial charge in [0.25, 0.3) is 0 Å². The van der Waals surface area contributed by atoms with E-state index in [2.05, 4.69) is 5.10 Å². The molecule has 0 N–H and O–H groups in total. The molecule has 0 unspecified atom stereocenters. The molecule has 21 heavy (non-hydrogen) atoms. The summed E-state index contributed by atoms with van der Waals surface area (Å²) >= 11 is 0. The second kappa shape index (κ2) is 5.36. The fraction of sp³-hybridized carbons (Fsp3) is 0.125. The predicted octanol–water partition coefficient (Wildman–Crippen LogP) is 3.01. The zero-order valence-corrected chi connectivity index (χ0v) is 11.4. The highest BCUT2D eigenvalue weighted by molar-refractivity contribution is 6.02. The molecule has 0 saturated carbocycles. The Morgan fingerprint density at radius 2 is 1.90 bits per heavy atom. The van der Waals surface area contributed by atoms with Crippen molar-refractivity contribution in [3.63, 3.8) is 0 Å². The molecule has 4 nitrogen and oxygen atoms in total. The standard InChI is InChI=1S/C16H13FN2O2/c1-21-16(20)15-12-7-3-5-9-14(12)19(18-15)10-11-6-2-4-8-13(11)17/h2-9H,10H2,1H3. The molecule has 2 aromatic carbocycles. The zero-order chi connectivity index (χ0) is 14.8. The number of hydrogen-bond donors (Lipinski definition) is 0. The molecule has 0 saturated heterocycles. The third-order valence-corrected chi connectivity index (χ3v) is 3.31.